The molecule has 3 aromatic carbocycles. The number of carbonyl (C=O) groups excluding carboxylic acids is 2. The smallest absolute Gasteiger partial charge is 0.338 e. The maximum atomic E-state index is 13.0. The van der Waals surface area contributed by atoms with Gasteiger partial charge in [0.2, 0.25) is 6.79 Å². The molecule has 30 heavy (non-hydrogen) atoms. The van der Waals surface area contributed by atoms with Crippen molar-refractivity contribution in [2.24, 2.45) is 0 Å². The second-order valence-electron chi connectivity index (χ2n) is 6.95. The minimum atomic E-state index is -0.592. The van der Waals surface area contributed by atoms with Crippen LogP contribution in [0.3, 0.4) is 0 Å². The maximum absolute atomic E-state index is 13.0. The van der Waals surface area contributed by atoms with Crippen molar-refractivity contribution in [2.45, 2.75) is 13.5 Å². The van der Waals surface area contributed by atoms with Crippen LogP contribution in [0.25, 0.3) is 0 Å². The van der Waals surface area contributed by atoms with Crippen LogP contribution in [-0.4, -0.2) is 25.3 Å². The number of anilines is 1. The van der Waals surface area contributed by atoms with Gasteiger partial charge in [0.15, 0.2) is 18.1 Å². The van der Waals surface area contributed by atoms with Crippen LogP contribution in [0.15, 0.2) is 72.8 Å². The number of rotatable bonds is 6. The van der Waals surface area contributed by atoms with Crippen molar-refractivity contribution in [3.63, 3.8) is 0 Å². The van der Waals surface area contributed by atoms with Crippen LogP contribution < -0.4 is 14.4 Å². The van der Waals surface area contributed by atoms with Gasteiger partial charge in [-0.3, -0.25) is 4.79 Å². The summed E-state index contributed by atoms with van der Waals surface area (Å²) in [6, 6.07) is 22.1. The minimum absolute atomic E-state index is 0.122. The second-order valence-corrected chi connectivity index (χ2v) is 6.95. The molecule has 0 fully saturated rings. The number of carbonyl (C=O) groups is 2. The molecule has 0 atom stereocenters. The highest BCUT2D eigenvalue weighted by atomic mass is 16.7. The predicted octanol–water partition coefficient (Wildman–Crippen LogP) is 4.11. The number of hydrogen-bond acceptors (Lipinski definition) is 5. The normalized spacial score (nSPS) is 11.8. The summed E-state index contributed by atoms with van der Waals surface area (Å²) in [6.45, 7) is 2.10. The number of fused-ring (bicyclic) bond motifs is 1. The molecule has 0 aromatic heterocycles. The zero-order valence-corrected chi connectivity index (χ0v) is 16.5. The van der Waals surface area contributed by atoms with Crippen molar-refractivity contribution in [1.29, 1.82) is 0 Å². The Balaban J connectivity index is 1.48. The van der Waals surface area contributed by atoms with Gasteiger partial charge in [-0.05, 0) is 48.4 Å². The molecule has 0 unspecified atom stereocenters. The lowest BCUT2D eigenvalue weighted by Crippen LogP contribution is -2.34. The Morgan fingerprint density at radius 2 is 1.73 bits per heavy atom. The number of hydrogen-bond donors (Lipinski definition) is 0. The van der Waals surface area contributed by atoms with Gasteiger partial charge >= 0.3 is 5.97 Å². The molecule has 1 aliphatic rings. The van der Waals surface area contributed by atoms with Gasteiger partial charge in [0.05, 0.1) is 12.1 Å². The van der Waals surface area contributed by atoms with Gasteiger partial charge in [-0.25, -0.2) is 4.79 Å². The van der Waals surface area contributed by atoms with Gasteiger partial charge < -0.3 is 19.1 Å². The van der Waals surface area contributed by atoms with Crippen LogP contribution in [0.4, 0.5) is 5.69 Å². The van der Waals surface area contributed by atoms with Gasteiger partial charge in [0, 0.05) is 5.69 Å². The molecular formula is C24H21NO5. The van der Waals surface area contributed by atoms with Crippen LogP contribution in [0.1, 0.15) is 21.5 Å². The van der Waals surface area contributed by atoms with Gasteiger partial charge in [-0.15, -0.1) is 0 Å². The van der Waals surface area contributed by atoms with E-state index >= 15 is 0 Å². The summed E-state index contributed by atoms with van der Waals surface area (Å²) in [5.41, 5.74) is 3.07. The minimum Gasteiger partial charge on any atom is -0.454 e. The third-order valence-electron chi connectivity index (χ3n) is 4.73. The highest BCUT2D eigenvalue weighted by molar-refractivity contribution is 5.97. The zero-order chi connectivity index (χ0) is 20.9. The Hall–Kier alpha value is -3.80. The SMILES string of the molecule is Cc1cccc(N(Cc2ccccc2)C(=O)COC(=O)c2ccc3c(c2)OCO3)c1. The Morgan fingerprint density at radius 1 is 0.933 bits per heavy atom. The summed E-state index contributed by atoms with van der Waals surface area (Å²) < 4.78 is 15.8. The summed E-state index contributed by atoms with van der Waals surface area (Å²) in [5.74, 6) is 0.168. The number of amides is 1. The van der Waals surface area contributed by atoms with Crippen molar-refractivity contribution in [3.8, 4) is 11.5 Å². The van der Waals surface area contributed by atoms with Crippen molar-refractivity contribution in [3.05, 3.63) is 89.5 Å². The molecule has 1 heterocycles. The highest BCUT2D eigenvalue weighted by Gasteiger charge is 2.21. The lowest BCUT2D eigenvalue weighted by Gasteiger charge is -2.23. The van der Waals surface area contributed by atoms with Crippen LogP contribution in [0.5, 0.6) is 11.5 Å². The molecule has 152 valence electrons. The summed E-state index contributed by atoms with van der Waals surface area (Å²) in [6.07, 6.45) is 0. The summed E-state index contributed by atoms with van der Waals surface area (Å²) in [5, 5.41) is 0. The van der Waals surface area contributed by atoms with E-state index < -0.39 is 5.97 Å². The third-order valence-corrected chi connectivity index (χ3v) is 4.73. The van der Waals surface area contributed by atoms with E-state index in [0.29, 0.717) is 23.6 Å². The van der Waals surface area contributed by atoms with Crippen molar-refractivity contribution in [2.75, 3.05) is 18.3 Å². The average Bonchev–Trinajstić information content (AvgIpc) is 3.24. The Bertz CT molecular complexity index is 1060. The van der Waals surface area contributed by atoms with Crippen LogP contribution >= 0.6 is 0 Å². The molecule has 6 nitrogen and oxygen atoms in total. The first-order valence-electron chi connectivity index (χ1n) is 9.58. The first-order chi connectivity index (χ1) is 14.6. The molecule has 0 saturated heterocycles. The molecule has 3 aromatic rings. The summed E-state index contributed by atoms with van der Waals surface area (Å²) in [7, 11) is 0. The first kappa shape index (κ1) is 19.5. The molecular weight excluding hydrogens is 382 g/mol. The van der Waals surface area contributed by atoms with Gasteiger partial charge in [0.1, 0.15) is 0 Å². The number of benzene rings is 3. The second kappa shape index (κ2) is 8.69. The largest absolute Gasteiger partial charge is 0.454 e. The molecule has 1 amide bonds. The van der Waals surface area contributed by atoms with E-state index in [0.717, 1.165) is 16.8 Å². The first-order valence-corrected chi connectivity index (χ1v) is 9.58. The molecule has 0 saturated carbocycles. The van der Waals surface area contributed by atoms with Crippen LogP contribution in [0.2, 0.25) is 0 Å². The van der Waals surface area contributed by atoms with E-state index in [1.807, 2.05) is 61.5 Å². The third kappa shape index (κ3) is 4.43. The highest BCUT2D eigenvalue weighted by Crippen LogP contribution is 2.32. The Kier molecular flexibility index (Phi) is 5.66. The quantitative estimate of drug-likeness (QED) is 0.580. The lowest BCUT2D eigenvalue weighted by molar-refractivity contribution is -0.121. The molecule has 1 aliphatic heterocycles. The van der Waals surface area contributed by atoms with Gasteiger partial charge in [-0.2, -0.15) is 0 Å². The summed E-state index contributed by atoms with van der Waals surface area (Å²) >= 11 is 0. The molecule has 0 bridgehead atoms. The standard InChI is InChI=1S/C24H21NO5/c1-17-6-5-9-20(12-17)25(14-18-7-3-2-4-8-18)23(26)15-28-24(27)19-10-11-21-22(13-19)30-16-29-21/h2-13H,14-16H2,1H3. The monoisotopic (exact) mass is 403 g/mol. The fourth-order valence-electron chi connectivity index (χ4n) is 3.20. The van der Waals surface area contributed by atoms with Gasteiger partial charge in [0.25, 0.3) is 5.91 Å². The predicted molar refractivity (Wildman–Crippen MR) is 112 cm³/mol. The fourth-order valence-corrected chi connectivity index (χ4v) is 3.20. The van der Waals surface area contributed by atoms with E-state index in [4.69, 9.17) is 14.2 Å². The molecule has 0 N–H and O–H groups in total. The van der Waals surface area contributed by atoms with Crippen molar-refractivity contribution >= 4 is 17.6 Å². The lowest BCUT2D eigenvalue weighted by atomic mass is 10.1. The number of ether oxygens (including phenoxy) is 3. The van der Waals surface area contributed by atoms with Crippen LogP contribution in [0, 0.1) is 6.92 Å². The molecule has 0 spiro atoms. The van der Waals surface area contributed by atoms with E-state index in [2.05, 4.69) is 0 Å². The van der Waals surface area contributed by atoms with E-state index in [1.165, 1.54) is 0 Å². The molecule has 4 rings (SSSR count). The van der Waals surface area contributed by atoms with Crippen LogP contribution in [-0.2, 0) is 16.1 Å². The number of esters is 1. The average molecular weight is 403 g/mol. The van der Waals surface area contributed by atoms with E-state index in [-0.39, 0.29) is 19.3 Å². The fraction of sp³-hybridized carbons (Fsp3) is 0.167. The van der Waals surface area contributed by atoms with Crippen molar-refractivity contribution in [1.82, 2.24) is 0 Å². The van der Waals surface area contributed by atoms with E-state index in [9.17, 15) is 9.59 Å². The van der Waals surface area contributed by atoms with E-state index in [1.54, 1.807) is 23.1 Å². The topological polar surface area (TPSA) is 65.1 Å². The molecule has 6 heteroatoms. The zero-order valence-electron chi connectivity index (χ0n) is 16.5. The van der Waals surface area contributed by atoms with Crippen molar-refractivity contribution < 1.29 is 23.8 Å². The number of aryl methyl sites for hydroxylation is 1. The Morgan fingerprint density at radius 3 is 2.53 bits per heavy atom. The Labute approximate surface area is 174 Å². The summed E-state index contributed by atoms with van der Waals surface area (Å²) in [4.78, 5) is 27.0. The molecule has 0 aliphatic carbocycles. The maximum Gasteiger partial charge on any atom is 0.338 e. The number of nitrogens with zero attached hydrogens (tertiary/aromatic N) is 1. The van der Waals surface area contributed by atoms with Gasteiger partial charge in [-0.1, -0.05) is 42.5 Å². The molecule has 0 radical (unpaired) electrons.